The number of rotatable bonds is 3. The normalized spacial score (nSPS) is 10.1. The van der Waals surface area contributed by atoms with Gasteiger partial charge in [-0.05, 0) is 24.6 Å². The van der Waals surface area contributed by atoms with Gasteiger partial charge in [0.2, 0.25) is 5.78 Å². The van der Waals surface area contributed by atoms with Crippen LogP contribution in [-0.4, -0.2) is 12.1 Å². The maximum Gasteiger partial charge on any atom is 0.228 e. The lowest BCUT2D eigenvalue weighted by atomic mass is 10.0. The van der Waals surface area contributed by atoms with Crippen molar-refractivity contribution in [3.05, 3.63) is 59.0 Å². The van der Waals surface area contributed by atoms with Gasteiger partial charge in [-0.1, -0.05) is 24.3 Å². The molecule has 0 aliphatic rings. The van der Waals surface area contributed by atoms with Crippen LogP contribution in [0.1, 0.15) is 32.2 Å². The SMILES string of the molecule is Cc1ccccc1C(=O)c1ccc(C=O)o1. The van der Waals surface area contributed by atoms with Crippen molar-refractivity contribution >= 4 is 12.1 Å². The predicted octanol–water partition coefficient (Wildman–Crippen LogP) is 2.63. The summed E-state index contributed by atoms with van der Waals surface area (Å²) in [6.45, 7) is 1.86. The summed E-state index contributed by atoms with van der Waals surface area (Å²) in [6, 6.07) is 10.3. The van der Waals surface area contributed by atoms with Gasteiger partial charge in [-0.2, -0.15) is 0 Å². The summed E-state index contributed by atoms with van der Waals surface area (Å²) in [6.07, 6.45) is 0.578. The van der Waals surface area contributed by atoms with Crippen LogP contribution in [-0.2, 0) is 0 Å². The quantitative estimate of drug-likeness (QED) is 0.582. The van der Waals surface area contributed by atoms with Crippen molar-refractivity contribution in [3.8, 4) is 0 Å². The zero-order chi connectivity index (χ0) is 11.5. The van der Waals surface area contributed by atoms with E-state index in [1.807, 2.05) is 19.1 Å². The van der Waals surface area contributed by atoms with E-state index in [0.29, 0.717) is 11.8 Å². The van der Waals surface area contributed by atoms with Gasteiger partial charge in [0, 0.05) is 5.56 Å². The van der Waals surface area contributed by atoms with E-state index in [2.05, 4.69) is 0 Å². The van der Waals surface area contributed by atoms with Crippen molar-refractivity contribution in [1.29, 1.82) is 0 Å². The molecule has 1 aromatic carbocycles. The molecule has 0 bridgehead atoms. The monoisotopic (exact) mass is 214 g/mol. The van der Waals surface area contributed by atoms with E-state index in [-0.39, 0.29) is 17.3 Å². The summed E-state index contributed by atoms with van der Waals surface area (Å²) >= 11 is 0. The first kappa shape index (κ1) is 10.4. The van der Waals surface area contributed by atoms with Crippen LogP contribution in [0.4, 0.5) is 0 Å². The molecule has 0 amide bonds. The van der Waals surface area contributed by atoms with E-state index < -0.39 is 0 Å². The number of aryl methyl sites for hydroxylation is 1. The zero-order valence-electron chi connectivity index (χ0n) is 8.77. The minimum atomic E-state index is -0.203. The van der Waals surface area contributed by atoms with Gasteiger partial charge in [0.15, 0.2) is 17.8 Å². The van der Waals surface area contributed by atoms with Crippen molar-refractivity contribution in [3.63, 3.8) is 0 Å². The Morgan fingerprint density at radius 1 is 1.19 bits per heavy atom. The van der Waals surface area contributed by atoms with E-state index in [4.69, 9.17) is 4.42 Å². The molecule has 0 fully saturated rings. The number of benzene rings is 1. The van der Waals surface area contributed by atoms with E-state index in [1.54, 1.807) is 12.1 Å². The summed E-state index contributed by atoms with van der Waals surface area (Å²) in [7, 11) is 0. The molecule has 80 valence electrons. The molecule has 0 aliphatic carbocycles. The Labute approximate surface area is 92.7 Å². The minimum Gasteiger partial charge on any atom is -0.450 e. The zero-order valence-corrected chi connectivity index (χ0v) is 8.77. The maximum atomic E-state index is 12.0. The molecule has 3 heteroatoms. The number of hydrogen-bond acceptors (Lipinski definition) is 3. The van der Waals surface area contributed by atoms with Crippen LogP contribution in [0.25, 0.3) is 0 Å². The molecule has 16 heavy (non-hydrogen) atoms. The molecule has 0 atom stereocenters. The van der Waals surface area contributed by atoms with Crippen molar-refractivity contribution in [1.82, 2.24) is 0 Å². The highest BCUT2D eigenvalue weighted by atomic mass is 16.4. The number of ketones is 1. The fraction of sp³-hybridized carbons (Fsp3) is 0.0769. The van der Waals surface area contributed by atoms with Gasteiger partial charge in [0.1, 0.15) is 0 Å². The van der Waals surface area contributed by atoms with E-state index in [9.17, 15) is 9.59 Å². The molecular weight excluding hydrogens is 204 g/mol. The highest BCUT2D eigenvalue weighted by Gasteiger charge is 2.14. The van der Waals surface area contributed by atoms with E-state index in [1.165, 1.54) is 12.1 Å². The largest absolute Gasteiger partial charge is 0.450 e. The topological polar surface area (TPSA) is 47.3 Å². The Kier molecular flexibility index (Phi) is 2.68. The Bertz CT molecular complexity index is 538. The maximum absolute atomic E-state index is 12.0. The Morgan fingerprint density at radius 2 is 1.94 bits per heavy atom. The van der Waals surface area contributed by atoms with Gasteiger partial charge in [0.25, 0.3) is 0 Å². The third-order valence-corrected chi connectivity index (χ3v) is 2.36. The van der Waals surface area contributed by atoms with Gasteiger partial charge in [-0.15, -0.1) is 0 Å². The third kappa shape index (κ3) is 1.80. The van der Waals surface area contributed by atoms with Gasteiger partial charge in [0.05, 0.1) is 0 Å². The number of furan rings is 1. The Morgan fingerprint density at radius 3 is 2.56 bits per heavy atom. The second-order valence-electron chi connectivity index (χ2n) is 3.46. The van der Waals surface area contributed by atoms with Crippen molar-refractivity contribution in [2.24, 2.45) is 0 Å². The van der Waals surface area contributed by atoms with Gasteiger partial charge in [-0.25, -0.2) is 0 Å². The molecule has 0 saturated carbocycles. The van der Waals surface area contributed by atoms with Crippen LogP contribution in [0.3, 0.4) is 0 Å². The molecule has 0 N–H and O–H groups in total. The average molecular weight is 214 g/mol. The second kappa shape index (κ2) is 4.14. The van der Waals surface area contributed by atoms with Gasteiger partial charge >= 0.3 is 0 Å². The summed E-state index contributed by atoms with van der Waals surface area (Å²) in [5, 5.41) is 0. The highest BCUT2D eigenvalue weighted by molar-refractivity contribution is 6.08. The standard InChI is InChI=1S/C13H10O3/c1-9-4-2-3-5-11(9)13(15)12-7-6-10(8-14)16-12/h2-8H,1H3. The van der Waals surface area contributed by atoms with Crippen LogP contribution >= 0.6 is 0 Å². The van der Waals surface area contributed by atoms with E-state index in [0.717, 1.165) is 5.56 Å². The van der Waals surface area contributed by atoms with Crippen LogP contribution in [0.15, 0.2) is 40.8 Å². The molecule has 0 unspecified atom stereocenters. The summed E-state index contributed by atoms with van der Waals surface area (Å²) in [5.41, 5.74) is 1.48. The molecule has 0 saturated heterocycles. The van der Waals surface area contributed by atoms with Gasteiger partial charge in [-0.3, -0.25) is 9.59 Å². The van der Waals surface area contributed by atoms with Crippen molar-refractivity contribution in [2.45, 2.75) is 6.92 Å². The Hall–Kier alpha value is -2.16. The van der Waals surface area contributed by atoms with E-state index >= 15 is 0 Å². The second-order valence-corrected chi connectivity index (χ2v) is 3.46. The summed E-state index contributed by atoms with van der Waals surface area (Å²) < 4.78 is 5.09. The fourth-order valence-corrected chi connectivity index (χ4v) is 1.50. The number of hydrogen-bond donors (Lipinski definition) is 0. The minimum absolute atomic E-state index is 0.164. The molecule has 1 heterocycles. The first-order valence-corrected chi connectivity index (χ1v) is 4.87. The molecule has 0 radical (unpaired) electrons. The van der Waals surface area contributed by atoms with Crippen LogP contribution in [0.2, 0.25) is 0 Å². The van der Waals surface area contributed by atoms with Crippen LogP contribution in [0, 0.1) is 6.92 Å². The Balaban J connectivity index is 2.39. The first-order valence-electron chi connectivity index (χ1n) is 4.87. The first-order chi connectivity index (χ1) is 7.72. The number of carbonyl (C=O) groups excluding carboxylic acids is 2. The lowest BCUT2D eigenvalue weighted by Crippen LogP contribution is -2.01. The summed E-state index contributed by atoms with van der Waals surface area (Å²) in [4.78, 5) is 22.4. The average Bonchev–Trinajstić information content (AvgIpc) is 2.77. The van der Waals surface area contributed by atoms with Crippen LogP contribution in [0.5, 0.6) is 0 Å². The molecule has 2 aromatic rings. The van der Waals surface area contributed by atoms with Crippen molar-refractivity contribution in [2.75, 3.05) is 0 Å². The molecule has 0 spiro atoms. The third-order valence-electron chi connectivity index (χ3n) is 2.36. The molecule has 2 rings (SSSR count). The number of carbonyl (C=O) groups is 2. The predicted molar refractivity (Wildman–Crippen MR) is 58.7 cm³/mol. The summed E-state index contributed by atoms with van der Waals surface area (Å²) in [5.74, 6) is 0.152. The highest BCUT2D eigenvalue weighted by Crippen LogP contribution is 2.15. The van der Waals surface area contributed by atoms with Crippen molar-refractivity contribution < 1.29 is 14.0 Å². The number of aldehydes is 1. The van der Waals surface area contributed by atoms with Gasteiger partial charge < -0.3 is 4.42 Å². The van der Waals surface area contributed by atoms with Crippen LogP contribution < -0.4 is 0 Å². The molecular formula is C13H10O3. The molecule has 0 aliphatic heterocycles. The lowest BCUT2D eigenvalue weighted by molar-refractivity contribution is 0.100. The molecule has 1 aromatic heterocycles. The smallest absolute Gasteiger partial charge is 0.228 e. The molecule has 3 nitrogen and oxygen atoms in total. The fourth-order valence-electron chi connectivity index (χ4n) is 1.50. The lowest BCUT2D eigenvalue weighted by Gasteiger charge is -2.01.